The van der Waals surface area contributed by atoms with Crippen molar-refractivity contribution in [1.29, 1.82) is 0 Å². The normalized spacial score (nSPS) is 12.3. The maximum atomic E-state index is 11.6. The number of nitrogens with one attached hydrogen (secondary N) is 1. The fourth-order valence-corrected chi connectivity index (χ4v) is 1.63. The van der Waals surface area contributed by atoms with E-state index in [9.17, 15) is 4.79 Å². The molecule has 0 aromatic heterocycles. The SMILES string of the molecule is CCNC(=O)C(C)Oc1ccccc1C(C)C. The van der Waals surface area contributed by atoms with Gasteiger partial charge in [0.25, 0.3) is 5.91 Å². The van der Waals surface area contributed by atoms with Crippen molar-refractivity contribution < 1.29 is 9.53 Å². The number of carbonyl (C=O) groups excluding carboxylic acids is 1. The van der Waals surface area contributed by atoms with Crippen molar-refractivity contribution in [3.8, 4) is 5.75 Å². The number of likely N-dealkylation sites (N-methyl/N-ethyl adjacent to an activating group) is 1. The summed E-state index contributed by atoms with van der Waals surface area (Å²) in [5, 5.41) is 2.75. The summed E-state index contributed by atoms with van der Waals surface area (Å²) in [7, 11) is 0. The molecule has 0 saturated heterocycles. The zero-order valence-corrected chi connectivity index (χ0v) is 11.0. The Kier molecular flexibility index (Phi) is 5.01. The average Bonchev–Trinajstić information content (AvgIpc) is 2.29. The van der Waals surface area contributed by atoms with Crippen LogP contribution >= 0.6 is 0 Å². The van der Waals surface area contributed by atoms with Crippen molar-refractivity contribution in [1.82, 2.24) is 5.32 Å². The van der Waals surface area contributed by atoms with E-state index in [-0.39, 0.29) is 5.91 Å². The summed E-state index contributed by atoms with van der Waals surface area (Å²) in [6, 6.07) is 7.85. The van der Waals surface area contributed by atoms with Gasteiger partial charge in [-0.15, -0.1) is 0 Å². The molecule has 1 N–H and O–H groups in total. The number of ether oxygens (including phenoxy) is 1. The van der Waals surface area contributed by atoms with Crippen molar-refractivity contribution in [2.75, 3.05) is 6.54 Å². The summed E-state index contributed by atoms with van der Waals surface area (Å²) in [5.41, 5.74) is 1.13. The first-order valence-electron chi connectivity index (χ1n) is 6.09. The van der Waals surface area contributed by atoms with Gasteiger partial charge in [-0.05, 0) is 31.4 Å². The molecule has 0 aliphatic carbocycles. The van der Waals surface area contributed by atoms with Crippen LogP contribution in [0.5, 0.6) is 5.75 Å². The van der Waals surface area contributed by atoms with Crippen LogP contribution < -0.4 is 10.1 Å². The van der Waals surface area contributed by atoms with Gasteiger partial charge >= 0.3 is 0 Å². The highest BCUT2D eigenvalue weighted by Gasteiger charge is 2.15. The lowest BCUT2D eigenvalue weighted by molar-refractivity contribution is -0.127. The first kappa shape index (κ1) is 13.6. The molecule has 0 aliphatic heterocycles. The number of carbonyl (C=O) groups is 1. The Labute approximate surface area is 103 Å². The summed E-state index contributed by atoms with van der Waals surface area (Å²) < 4.78 is 5.71. The van der Waals surface area contributed by atoms with Crippen molar-refractivity contribution in [2.24, 2.45) is 0 Å². The number of rotatable bonds is 5. The molecule has 0 heterocycles. The average molecular weight is 235 g/mol. The molecule has 0 radical (unpaired) electrons. The molecule has 1 aromatic rings. The van der Waals surface area contributed by atoms with Crippen LogP contribution in [0.15, 0.2) is 24.3 Å². The van der Waals surface area contributed by atoms with Crippen LogP contribution in [-0.4, -0.2) is 18.6 Å². The van der Waals surface area contributed by atoms with E-state index >= 15 is 0 Å². The minimum absolute atomic E-state index is 0.0777. The Bertz CT molecular complexity index is 374. The molecule has 0 spiro atoms. The number of amides is 1. The van der Waals surface area contributed by atoms with E-state index in [0.29, 0.717) is 12.5 Å². The first-order valence-corrected chi connectivity index (χ1v) is 6.09. The lowest BCUT2D eigenvalue weighted by atomic mass is 10.0. The molecule has 1 atom stereocenters. The van der Waals surface area contributed by atoms with Crippen molar-refractivity contribution in [2.45, 2.75) is 39.7 Å². The van der Waals surface area contributed by atoms with E-state index in [0.717, 1.165) is 11.3 Å². The van der Waals surface area contributed by atoms with Crippen LogP contribution in [0.2, 0.25) is 0 Å². The van der Waals surface area contributed by atoms with Gasteiger partial charge in [0.15, 0.2) is 6.10 Å². The molecular weight excluding hydrogens is 214 g/mol. The molecule has 17 heavy (non-hydrogen) atoms. The third-order valence-electron chi connectivity index (χ3n) is 2.56. The van der Waals surface area contributed by atoms with Crippen LogP contribution in [0.3, 0.4) is 0 Å². The fourth-order valence-electron chi connectivity index (χ4n) is 1.63. The summed E-state index contributed by atoms with van der Waals surface area (Å²) in [6.07, 6.45) is -0.463. The third kappa shape index (κ3) is 3.77. The quantitative estimate of drug-likeness (QED) is 0.852. The highest BCUT2D eigenvalue weighted by atomic mass is 16.5. The van der Waals surface area contributed by atoms with E-state index in [1.807, 2.05) is 31.2 Å². The van der Waals surface area contributed by atoms with Crippen LogP contribution in [-0.2, 0) is 4.79 Å². The van der Waals surface area contributed by atoms with Gasteiger partial charge in [-0.25, -0.2) is 0 Å². The Hall–Kier alpha value is -1.51. The minimum atomic E-state index is -0.463. The summed E-state index contributed by atoms with van der Waals surface area (Å²) in [4.78, 5) is 11.6. The second kappa shape index (κ2) is 6.28. The van der Waals surface area contributed by atoms with E-state index in [4.69, 9.17) is 4.74 Å². The second-order valence-electron chi connectivity index (χ2n) is 4.35. The van der Waals surface area contributed by atoms with Gasteiger partial charge in [0, 0.05) is 6.54 Å². The van der Waals surface area contributed by atoms with Crippen molar-refractivity contribution >= 4 is 5.91 Å². The van der Waals surface area contributed by atoms with Crippen LogP contribution in [0.4, 0.5) is 0 Å². The molecule has 94 valence electrons. The molecule has 0 saturated carbocycles. The Morgan fingerprint density at radius 1 is 1.29 bits per heavy atom. The number of hydrogen-bond acceptors (Lipinski definition) is 2. The van der Waals surface area contributed by atoms with Gasteiger partial charge < -0.3 is 10.1 Å². The largest absolute Gasteiger partial charge is 0.481 e. The van der Waals surface area contributed by atoms with Gasteiger partial charge in [0.1, 0.15) is 5.75 Å². The number of hydrogen-bond donors (Lipinski definition) is 1. The van der Waals surface area contributed by atoms with Crippen molar-refractivity contribution in [3.63, 3.8) is 0 Å². The summed E-state index contributed by atoms with van der Waals surface area (Å²) in [5.74, 6) is 1.10. The molecule has 0 bridgehead atoms. The predicted octanol–water partition coefficient (Wildman–Crippen LogP) is 2.71. The van der Waals surface area contributed by atoms with E-state index < -0.39 is 6.10 Å². The van der Waals surface area contributed by atoms with Crippen molar-refractivity contribution in [3.05, 3.63) is 29.8 Å². The molecule has 1 amide bonds. The van der Waals surface area contributed by atoms with E-state index in [2.05, 4.69) is 19.2 Å². The summed E-state index contributed by atoms with van der Waals surface area (Å²) in [6.45, 7) is 8.51. The highest BCUT2D eigenvalue weighted by molar-refractivity contribution is 5.80. The molecular formula is C14H21NO2. The van der Waals surface area contributed by atoms with Gasteiger partial charge in [0.2, 0.25) is 0 Å². The molecule has 1 rings (SSSR count). The first-order chi connectivity index (χ1) is 8.06. The van der Waals surface area contributed by atoms with Gasteiger partial charge in [0.05, 0.1) is 0 Å². The standard InChI is InChI=1S/C14H21NO2/c1-5-15-14(16)11(4)17-13-9-7-6-8-12(13)10(2)3/h6-11H,5H2,1-4H3,(H,15,16). The zero-order chi connectivity index (χ0) is 12.8. The summed E-state index contributed by atoms with van der Waals surface area (Å²) >= 11 is 0. The minimum Gasteiger partial charge on any atom is -0.481 e. The van der Waals surface area contributed by atoms with E-state index in [1.165, 1.54) is 0 Å². The lowest BCUT2D eigenvalue weighted by Crippen LogP contribution is -2.36. The van der Waals surface area contributed by atoms with Crippen LogP contribution in [0.1, 0.15) is 39.2 Å². The lowest BCUT2D eigenvalue weighted by Gasteiger charge is -2.18. The van der Waals surface area contributed by atoms with Crippen LogP contribution in [0.25, 0.3) is 0 Å². The Morgan fingerprint density at radius 3 is 2.53 bits per heavy atom. The molecule has 3 nitrogen and oxygen atoms in total. The van der Waals surface area contributed by atoms with Gasteiger partial charge in [-0.1, -0.05) is 32.0 Å². The van der Waals surface area contributed by atoms with Gasteiger partial charge in [-0.2, -0.15) is 0 Å². The molecule has 0 fully saturated rings. The monoisotopic (exact) mass is 235 g/mol. The molecule has 1 aromatic carbocycles. The third-order valence-corrected chi connectivity index (χ3v) is 2.56. The molecule has 1 unspecified atom stereocenters. The Balaban J connectivity index is 2.77. The topological polar surface area (TPSA) is 38.3 Å². The molecule has 0 aliphatic rings. The predicted molar refractivity (Wildman–Crippen MR) is 69.3 cm³/mol. The maximum absolute atomic E-state index is 11.6. The van der Waals surface area contributed by atoms with Crippen LogP contribution in [0, 0.1) is 0 Å². The maximum Gasteiger partial charge on any atom is 0.260 e. The highest BCUT2D eigenvalue weighted by Crippen LogP contribution is 2.26. The fraction of sp³-hybridized carbons (Fsp3) is 0.500. The second-order valence-corrected chi connectivity index (χ2v) is 4.35. The Morgan fingerprint density at radius 2 is 1.94 bits per heavy atom. The number of para-hydroxylation sites is 1. The van der Waals surface area contributed by atoms with E-state index in [1.54, 1.807) is 6.92 Å². The zero-order valence-electron chi connectivity index (χ0n) is 11.0. The smallest absolute Gasteiger partial charge is 0.260 e. The molecule has 3 heteroatoms. The number of benzene rings is 1. The van der Waals surface area contributed by atoms with Gasteiger partial charge in [-0.3, -0.25) is 4.79 Å².